The molecule has 0 bridgehead atoms. The SMILES string of the molecule is COc1ccc(-c2nnc3ccc(-c4cnn(CCN5CCOCC5)c4)cn23)cc1OC. The van der Waals surface area contributed by atoms with Crippen molar-refractivity contribution in [1.82, 2.24) is 29.3 Å². The van der Waals surface area contributed by atoms with Crippen LogP contribution in [-0.4, -0.2) is 76.3 Å². The van der Waals surface area contributed by atoms with Crippen LogP contribution in [0.15, 0.2) is 48.9 Å². The third-order valence-electron chi connectivity index (χ3n) is 5.76. The van der Waals surface area contributed by atoms with Gasteiger partial charge in [0.25, 0.3) is 0 Å². The molecule has 3 aromatic heterocycles. The summed E-state index contributed by atoms with van der Waals surface area (Å²) in [5.74, 6) is 2.07. The standard InChI is InChI=1S/C23H26N6O3/c1-30-20-5-3-17(13-21(20)31-2)23-26-25-22-6-4-18(16-29(22)23)19-14-24-28(15-19)8-7-27-9-11-32-12-10-27/h3-6,13-16H,7-12H2,1-2H3. The van der Waals surface area contributed by atoms with Crippen molar-refractivity contribution in [2.24, 2.45) is 0 Å². The van der Waals surface area contributed by atoms with E-state index in [4.69, 9.17) is 14.2 Å². The number of nitrogens with zero attached hydrogens (tertiary/aromatic N) is 6. The molecule has 0 N–H and O–H groups in total. The molecule has 0 spiro atoms. The van der Waals surface area contributed by atoms with E-state index >= 15 is 0 Å². The number of hydrogen-bond acceptors (Lipinski definition) is 7. The minimum absolute atomic E-state index is 0.652. The topological polar surface area (TPSA) is 78.9 Å². The highest BCUT2D eigenvalue weighted by Gasteiger charge is 2.14. The van der Waals surface area contributed by atoms with Crippen LogP contribution >= 0.6 is 0 Å². The van der Waals surface area contributed by atoms with E-state index < -0.39 is 0 Å². The fourth-order valence-electron chi connectivity index (χ4n) is 3.94. The van der Waals surface area contributed by atoms with E-state index in [1.54, 1.807) is 14.2 Å². The summed E-state index contributed by atoms with van der Waals surface area (Å²) in [7, 11) is 3.25. The average molecular weight is 435 g/mol. The van der Waals surface area contributed by atoms with E-state index in [2.05, 4.69) is 26.4 Å². The normalized spacial score (nSPS) is 14.7. The maximum Gasteiger partial charge on any atom is 0.168 e. The Morgan fingerprint density at radius 2 is 1.69 bits per heavy atom. The molecule has 0 radical (unpaired) electrons. The number of fused-ring (bicyclic) bond motifs is 1. The first-order valence-corrected chi connectivity index (χ1v) is 10.7. The molecule has 1 saturated heterocycles. The Labute approximate surface area is 186 Å². The van der Waals surface area contributed by atoms with Gasteiger partial charge in [0.1, 0.15) is 0 Å². The number of hydrogen-bond donors (Lipinski definition) is 0. The van der Waals surface area contributed by atoms with Crippen LogP contribution in [0.1, 0.15) is 0 Å². The Morgan fingerprint density at radius 1 is 0.875 bits per heavy atom. The first-order valence-electron chi connectivity index (χ1n) is 10.7. The van der Waals surface area contributed by atoms with Crippen LogP contribution in [-0.2, 0) is 11.3 Å². The molecular formula is C23H26N6O3. The first kappa shape index (κ1) is 20.5. The maximum atomic E-state index is 5.45. The zero-order valence-electron chi connectivity index (χ0n) is 18.3. The molecule has 0 saturated carbocycles. The first-order chi connectivity index (χ1) is 15.7. The Hall–Kier alpha value is -3.43. The number of pyridine rings is 1. The molecule has 1 aromatic carbocycles. The van der Waals surface area contributed by atoms with Crippen molar-refractivity contribution < 1.29 is 14.2 Å². The summed E-state index contributed by atoms with van der Waals surface area (Å²) in [6, 6.07) is 9.75. The zero-order valence-corrected chi connectivity index (χ0v) is 18.3. The molecule has 166 valence electrons. The molecule has 4 aromatic rings. The number of ether oxygens (including phenoxy) is 3. The van der Waals surface area contributed by atoms with Crippen LogP contribution in [0.2, 0.25) is 0 Å². The van der Waals surface area contributed by atoms with Gasteiger partial charge >= 0.3 is 0 Å². The average Bonchev–Trinajstić information content (AvgIpc) is 3.50. The van der Waals surface area contributed by atoms with E-state index in [-0.39, 0.29) is 0 Å². The van der Waals surface area contributed by atoms with Gasteiger partial charge in [-0.3, -0.25) is 14.0 Å². The fourth-order valence-corrected chi connectivity index (χ4v) is 3.94. The van der Waals surface area contributed by atoms with Gasteiger partial charge in [0.05, 0.1) is 40.2 Å². The summed E-state index contributed by atoms with van der Waals surface area (Å²) in [6.07, 6.45) is 6.04. The molecule has 32 heavy (non-hydrogen) atoms. The predicted molar refractivity (Wildman–Crippen MR) is 120 cm³/mol. The van der Waals surface area contributed by atoms with Gasteiger partial charge in [-0.15, -0.1) is 10.2 Å². The molecule has 4 heterocycles. The highest BCUT2D eigenvalue weighted by molar-refractivity contribution is 5.68. The smallest absolute Gasteiger partial charge is 0.168 e. The Balaban J connectivity index is 1.40. The van der Waals surface area contributed by atoms with Gasteiger partial charge in [-0.1, -0.05) is 0 Å². The van der Waals surface area contributed by atoms with Gasteiger partial charge < -0.3 is 14.2 Å². The molecule has 0 aliphatic carbocycles. The molecule has 1 aliphatic rings. The lowest BCUT2D eigenvalue weighted by Crippen LogP contribution is -2.38. The largest absolute Gasteiger partial charge is 0.493 e. The molecule has 1 fully saturated rings. The lowest BCUT2D eigenvalue weighted by molar-refractivity contribution is 0.0360. The van der Waals surface area contributed by atoms with E-state index in [0.29, 0.717) is 11.5 Å². The van der Waals surface area contributed by atoms with Crippen LogP contribution in [0.3, 0.4) is 0 Å². The van der Waals surface area contributed by atoms with Crippen molar-refractivity contribution in [3.8, 4) is 34.0 Å². The number of benzene rings is 1. The highest BCUT2D eigenvalue weighted by atomic mass is 16.5. The van der Waals surface area contributed by atoms with E-state index in [0.717, 1.165) is 67.6 Å². The van der Waals surface area contributed by atoms with Gasteiger partial charge in [0, 0.05) is 48.7 Å². The number of aromatic nitrogens is 5. The zero-order chi connectivity index (χ0) is 21.9. The lowest BCUT2D eigenvalue weighted by atomic mass is 10.1. The Bertz CT molecular complexity index is 1210. The monoisotopic (exact) mass is 434 g/mol. The minimum Gasteiger partial charge on any atom is -0.493 e. The summed E-state index contributed by atoms with van der Waals surface area (Å²) in [6.45, 7) is 5.41. The number of morpholine rings is 1. The molecule has 9 heteroatoms. The number of rotatable bonds is 7. The van der Waals surface area contributed by atoms with Crippen molar-refractivity contribution in [2.75, 3.05) is 47.1 Å². The molecule has 5 rings (SSSR count). The Kier molecular flexibility index (Phi) is 5.74. The molecule has 0 amide bonds. The quantitative estimate of drug-likeness (QED) is 0.442. The predicted octanol–water partition coefficient (Wildman–Crippen LogP) is 2.61. The van der Waals surface area contributed by atoms with Crippen molar-refractivity contribution in [3.63, 3.8) is 0 Å². The van der Waals surface area contributed by atoms with Crippen LogP contribution in [0.4, 0.5) is 0 Å². The third kappa shape index (κ3) is 4.04. The summed E-state index contributed by atoms with van der Waals surface area (Å²) < 4.78 is 20.2. The van der Waals surface area contributed by atoms with Gasteiger partial charge in [0.15, 0.2) is 23.0 Å². The van der Waals surface area contributed by atoms with Crippen LogP contribution in [0.5, 0.6) is 11.5 Å². The van der Waals surface area contributed by atoms with E-state index in [1.807, 2.05) is 51.8 Å². The second-order valence-corrected chi connectivity index (χ2v) is 7.69. The van der Waals surface area contributed by atoms with E-state index in [9.17, 15) is 0 Å². The number of methoxy groups -OCH3 is 2. The maximum absolute atomic E-state index is 5.45. The summed E-state index contributed by atoms with van der Waals surface area (Å²) in [5.41, 5.74) is 3.78. The second-order valence-electron chi connectivity index (χ2n) is 7.69. The van der Waals surface area contributed by atoms with Gasteiger partial charge in [-0.25, -0.2) is 0 Å². The Morgan fingerprint density at radius 3 is 2.50 bits per heavy atom. The van der Waals surface area contributed by atoms with Crippen molar-refractivity contribution in [2.45, 2.75) is 6.54 Å². The van der Waals surface area contributed by atoms with Gasteiger partial charge in [-0.2, -0.15) is 5.10 Å². The van der Waals surface area contributed by atoms with Gasteiger partial charge in [-0.05, 0) is 30.3 Å². The lowest BCUT2D eigenvalue weighted by Gasteiger charge is -2.26. The molecule has 0 unspecified atom stereocenters. The van der Waals surface area contributed by atoms with Crippen molar-refractivity contribution in [1.29, 1.82) is 0 Å². The molecule has 1 aliphatic heterocycles. The van der Waals surface area contributed by atoms with Crippen LogP contribution < -0.4 is 9.47 Å². The van der Waals surface area contributed by atoms with Crippen LogP contribution in [0, 0.1) is 0 Å². The molecular weight excluding hydrogens is 408 g/mol. The van der Waals surface area contributed by atoms with Crippen molar-refractivity contribution >= 4 is 5.65 Å². The summed E-state index contributed by atoms with van der Waals surface area (Å²) in [4.78, 5) is 2.41. The van der Waals surface area contributed by atoms with E-state index in [1.165, 1.54) is 0 Å². The van der Waals surface area contributed by atoms with Crippen LogP contribution in [0.25, 0.3) is 28.2 Å². The highest BCUT2D eigenvalue weighted by Crippen LogP contribution is 2.32. The van der Waals surface area contributed by atoms with Gasteiger partial charge in [0.2, 0.25) is 0 Å². The third-order valence-corrected chi connectivity index (χ3v) is 5.76. The minimum atomic E-state index is 0.652. The molecule has 0 atom stereocenters. The summed E-state index contributed by atoms with van der Waals surface area (Å²) in [5, 5.41) is 13.3. The second kappa shape index (κ2) is 8.97. The molecule has 9 nitrogen and oxygen atoms in total. The van der Waals surface area contributed by atoms with Crippen molar-refractivity contribution in [3.05, 3.63) is 48.9 Å². The fraction of sp³-hybridized carbons (Fsp3) is 0.348. The summed E-state index contributed by atoms with van der Waals surface area (Å²) >= 11 is 0.